The lowest BCUT2D eigenvalue weighted by molar-refractivity contribution is -0.119. The standard InChI is InChI=1S/C20H20N4OS3/c1-14-8-10-16(11-9-14)12-26-19-23-24-20(28-19)27-13-18(25)22-21-15(2)17-6-4-3-5-7-17/h3-11,21H,2,12-13H2,1H3,(H,22,25). The van der Waals surface area contributed by atoms with E-state index in [0.717, 1.165) is 20.0 Å². The Balaban J connectivity index is 1.39. The first-order valence-corrected chi connectivity index (χ1v) is 11.3. The third-order valence-electron chi connectivity index (χ3n) is 3.67. The van der Waals surface area contributed by atoms with Gasteiger partial charge < -0.3 is 0 Å². The third kappa shape index (κ3) is 6.40. The lowest BCUT2D eigenvalue weighted by Gasteiger charge is -2.10. The number of aryl methyl sites for hydroxylation is 1. The van der Waals surface area contributed by atoms with E-state index in [-0.39, 0.29) is 11.7 Å². The Labute approximate surface area is 177 Å². The van der Waals surface area contributed by atoms with Crippen LogP contribution in [0.4, 0.5) is 0 Å². The summed E-state index contributed by atoms with van der Waals surface area (Å²) in [6.45, 7) is 5.99. The number of hydrogen-bond donors (Lipinski definition) is 2. The summed E-state index contributed by atoms with van der Waals surface area (Å²) in [6, 6.07) is 18.1. The lowest BCUT2D eigenvalue weighted by Crippen LogP contribution is -2.37. The van der Waals surface area contributed by atoms with E-state index in [0.29, 0.717) is 5.70 Å². The summed E-state index contributed by atoms with van der Waals surface area (Å²) >= 11 is 4.53. The van der Waals surface area contributed by atoms with Crippen molar-refractivity contribution >= 4 is 46.5 Å². The number of nitrogens with zero attached hydrogens (tertiary/aromatic N) is 2. The van der Waals surface area contributed by atoms with Gasteiger partial charge in [-0.25, -0.2) is 0 Å². The fourth-order valence-electron chi connectivity index (χ4n) is 2.16. The molecule has 0 spiro atoms. The maximum absolute atomic E-state index is 12.0. The normalized spacial score (nSPS) is 10.5. The quantitative estimate of drug-likeness (QED) is 0.386. The Hall–Kier alpha value is -2.29. The van der Waals surface area contributed by atoms with E-state index >= 15 is 0 Å². The molecule has 1 aromatic heterocycles. The molecule has 0 atom stereocenters. The average Bonchev–Trinajstić information content (AvgIpc) is 3.18. The Morgan fingerprint density at radius 2 is 1.68 bits per heavy atom. The molecule has 1 amide bonds. The third-order valence-corrected chi connectivity index (χ3v) is 6.93. The molecule has 2 aromatic carbocycles. The average molecular weight is 429 g/mol. The second-order valence-corrected chi connectivity index (χ2v) is 9.34. The molecule has 3 aromatic rings. The van der Waals surface area contributed by atoms with Crippen molar-refractivity contribution in [2.24, 2.45) is 0 Å². The number of rotatable bonds is 9. The van der Waals surface area contributed by atoms with Crippen molar-refractivity contribution in [3.05, 3.63) is 77.9 Å². The summed E-state index contributed by atoms with van der Waals surface area (Å²) in [7, 11) is 0. The maximum Gasteiger partial charge on any atom is 0.248 e. The molecule has 2 N–H and O–H groups in total. The van der Waals surface area contributed by atoms with Crippen LogP contribution in [0.2, 0.25) is 0 Å². The number of hydrazine groups is 1. The number of nitrogens with one attached hydrogen (secondary N) is 2. The van der Waals surface area contributed by atoms with Crippen LogP contribution in [0, 0.1) is 6.92 Å². The molecule has 0 aliphatic rings. The Bertz CT molecular complexity index is 926. The molecule has 0 saturated carbocycles. The number of hydrogen-bond acceptors (Lipinski definition) is 7. The summed E-state index contributed by atoms with van der Waals surface area (Å²) in [5.74, 6) is 0.962. The first kappa shape index (κ1) is 20.4. The number of aromatic nitrogens is 2. The van der Waals surface area contributed by atoms with Gasteiger partial charge in [-0.15, -0.1) is 10.2 Å². The van der Waals surface area contributed by atoms with Gasteiger partial charge in [-0.2, -0.15) is 0 Å². The van der Waals surface area contributed by atoms with Gasteiger partial charge in [-0.3, -0.25) is 15.6 Å². The number of benzene rings is 2. The molecule has 0 saturated heterocycles. The van der Waals surface area contributed by atoms with Crippen LogP contribution in [0.15, 0.2) is 69.9 Å². The molecule has 1 heterocycles. The molecule has 5 nitrogen and oxygen atoms in total. The lowest BCUT2D eigenvalue weighted by atomic mass is 10.2. The van der Waals surface area contributed by atoms with E-state index in [1.807, 2.05) is 30.3 Å². The number of amides is 1. The second kappa shape index (κ2) is 10.3. The van der Waals surface area contributed by atoms with Crippen molar-refractivity contribution in [1.82, 2.24) is 21.0 Å². The van der Waals surface area contributed by atoms with Crippen LogP contribution in [-0.2, 0) is 10.5 Å². The molecule has 0 unspecified atom stereocenters. The van der Waals surface area contributed by atoms with Crippen LogP contribution in [0.25, 0.3) is 5.70 Å². The SMILES string of the molecule is C=C(NNC(=O)CSc1nnc(SCc2ccc(C)cc2)s1)c1ccccc1. The zero-order valence-corrected chi connectivity index (χ0v) is 17.8. The highest BCUT2D eigenvalue weighted by atomic mass is 32.2. The molecule has 28 heavy (non-hydrogen) atoms. The number of thioether (sulfide) groups is 2. The molecular weight excluding hydrogens is 408 g/mol. The van der Waals surface area contributed by atoms with Crippen LogP contribution >= 0.6 is 34.9 Å². The fourth-order valence-corrected chi connectivity index (χ4v) is 4.94. The van der Waals surface area contributed by atoms with Crippen LogP contribution in [0.5, 0.6) is 0 Å². The predicted molar refractivity (Wildman–Crippen MR) is 118 cm³/mol. The Morgan fingerprint density at radius 1 is 1.00 bits per heavy atom. The highest BCUT2D eigenvalue weighted by molar-refractivity contribution is 8.03. The van der Waals surface area contributed by atoms with Gasteiger partial charge in [0.15, 0.2) is 8.68 Å². The first-order chi connectivity index (χ1) is 13.6. The molecule has 0 bridgehead atoms. The highest BCUT2D eigenvalue weighted by Gasteiger charge is 2.09. The Kier molecular flexibility index (Phi) is 7.53. The molecule has 144 valence electrons. The number of carbonyl (C=O) groups is 1. The van der Waals surface area contributed by atoms with Crippen molar-refractivity contribution in [1.29, 1.82) is 0 Å². The van der Waals surface area contributed by atoms with Gasteiger partial charge in [0.2, 0.25) is 5.91 Å². The van der Waals surface area contributed by atoms with Gasteiger partial charge >= 0.3 is 0 Å². The minimum atomic E-state index is -0.147. The summed E-state index contributed by atoms with van der Waals surface area (Å²) in [5, 5.41) is 8.34. The minimum absolute atomic E-state index is 0.147. The van der Waals surface area contributed by atoms with Crippen molar-refractivity contribution in [2.75, 3.05) is 5.75 Å². The van der Waals surface area contributed by atoms with E-state index in [1.54, 1.807) is 11.8 Å². The molecule has 0 radical (unpaired) electrons. The van der Waals surface area contributed by atoms with Gasteiger partial charge in [0.05, 0.1) is 11.4 Å². The zero-order valence-electron chi connectivity index (χ0n) is 15.3. The monoisotopic (exact) mass is 428 g/mol. The zero-order chi connectivity index (χ0) is 19.8. The van der Waals surface area contributed by atoms with Crippen LogP contribution < -0.4 is 10.9 Å². The van der Waals surface area contributed by atoms with E-state index in [4.69, 9.17) is 0 Å². The molecule has 0 fully saturated rings. The van der Waals surface area contributed by atoms with E-state index < -0.39 is 0 Å². The molecule has 0 aliphatic carbocycles. The smallest absolute Gasteiger partial charge is 0.248 e. The molecule has 3 rings (SSSR count). The van der Waals surface area contributed by atoms with Crippen molar-refractivity contribution in [2.45, 2.75) is 21.4 Å². The molecule has 0 aliphatic heterocycles. The number of carbonyl (C=O) groups excluding carboxylic acids is 1. The van der Waals surface area contributed by atoms with Crippen LogP contribution in [0.3, 0.4) is 0 Å². The summed E-state index contributed by atoms with van der Waals surface area (Å²) in [5.41, 5.74) is 9.57. The summed E-state index contributed by atoms with van der Waals surface area (Å²) in [4.78, 5) is 12.0. The van der Waals surface area contributed by atoms with Gasteiger partial charge in [-0.1, -0.05) is 102 Å². The summed E-state index contributed by atoms with van der Waals surface area (Å²) < 4.78 is 1.68. The van der Waals surface area contributed by atoms with Crippen molar-refractivity contribution < 1.29 is 4.79 Å². The highest BCUT2D eigenvalue weighted by Crippen LogP contribution is 2.30. The van der Waals surface area contributed by atoms with E-state index in [9.17, 15) is 4.79 Å². The Morgan fingerprint density at radius 3 is 2.39 bits per heavy atom. The van der Waals surface area contributed by atoms with Gasteiger partial charge in [0, 0.05) is 5.75 Å². The van der Waals surface area contributed by atoms with Crippen LogP contribution in [0.1, 0.15) is 16.7 Å². The maximum atomic E-state index is 12.0. The molecular formula is C20H20N4OS3. The topological polar surface area (TPSA) is 66.9 Å². The largest absolute Gasteiger partial charge is 0.299 e. The van der Waals surface area contributed by atoms with Gasteiger partial charge in [0.1, 0.15) is 0 Å². The van der Waals surface area contributed by atoms with Crippen molar-refractivity contribution in [3.8, 4) is 0 Å². The predicted octanol–water partition coefficient (Wildman–Crippen LogP) is 4.52. The minimum Gasteiger partial charge on any atom is -0.299 e. The van der Waals surface area contributed by atoms with Crippen LogP contribution in [-0.4, -0.2) is 21.9 Å². The first-order valence-electron chi connectivity index (χ1n) is 8.54. The second-order valence-electron chi connectivity index (χ2n) is 5.91. The van der Waals surface area contributed by atoms with Gasteiger partial charge in [0.25, 0.3) is 0 Å². The van der Waals surface area contributed by atoms with E-state index in [2.05, 4.69) is 58.8 Å². The summed E-state index contributed by atoms with van der Waals surface area (Å²) in [6.07, 6.45) is 0. The van der Waals surface area contributed by atoms with Gasteiger partial charge in [-0.05, 0) is 18.1 Å². The van der Waals surface area contributed by atoms with Crippen molar-refractivity contribution in [3.63, 3.8) is 0 Å². The van der Waals surface area contributed by atoms with E-state index in [1.165, 1.54) is 34.2 Å². The molecule has 8 heteroatoms. The fraction of sp³-hybridized carbons (Fsp3) is 0.150.